The molecule has 1 unspecified atom stereocenters. The lowest BCUT2D eigenvalue weighted by Crippen LogP contribution is -2.26. The maximum absolute atomic E-state index is 5.33. The minimum absolute atomic E-state index is 0.472. The molecule has 100 valence electrons. The third kappa shape index (κ3) is 2.24. The lowest BCUT2D eigenvalue weighted by Gasteiger charge is -2.24. The Morgan fingerprint density at radius 2 is 2.21 bits per heavy atom. The molecule has 0 bridgehead atoms. The van der Waals surface area contributed by atoms with Gasteiger partial charge in [-0.1, -0.05) is 24.3 Å². The molecule has 0 spiro atoms. The number of fused-ring (bicyclic) bond motifs is 1. The highest BCUT2D eigenvalue weighted by Gasteiger charge is 2.25. The summed E-state index contributed by atoms with van der Waals surface area (Å²) in [6.07, 6.45) is 4.10. The van der Waals surface area contributed by atoms with Crippen LogP contribution < -0.4 is 0 Å². The number of nitrogens with zero attached hydrogens (tertiary/aromatic N) is 4. The van der Waals surface area contributed by atoms with E-state index in [1.165, 1.54) is 24.0 Å². The summed E-state index contributed by atoms with van der Waals surface area (Å²) in [5.74, 6) is 0. The number of hydrogen-bond donors (Lipinski definition) is 0. The number of benzene rings is 1. The van der Waals surface area contributed by atoms with E-state index in [0.29, 0.717) is 6.04 Å². The normalized spacial score (nSPS) is 17.9. The molecular weight excluding hydrogens is 256 g/mol. The quantitative estimate of drug-likeness (QED) is 0.805. The summed E-state index contributed by atoms with van der Waals surface area (Å²) in [5.41, 5.74) is 2.93. The number of hydrogen-bond acceptors (Lipinski definition) is 3. The highest BCUT2D eigenvalue weighted by Crippen LogP contribution is 2.34. The van der Waals surface area contributed by atoms with Gasteiger partial charge in [-0.15, -0.1) is 0 Å². The molecule has 1 atom stereocenters. The zero-order valence-corrected chi connectivity index (χ0v) is 12.1. The van der Waals surface area contributed by atoms with Crippen LogP contribution >= 0.6 is 12.2 Å². The van der Waals surface area contributed by atoms with Crippen molar-refractivity contribution in [3.8, 4) is 0 Å². The van der Waals surface area contributed by atoms with Gasteiger partial charge in [0.15, 0.2) is 4.77 Å². The highest BCUT2D eigenvalue weighted by molar-refractivity contribution is 7.71. The van der Waals surface area contributed by atoms with Gasteiger partial charge in [0.1, 0.15) is 6.33 Å². The fraction of sp³-hybridized carbons (Fsp3) is 0.429. The fourth-order valence-electron chi connectivity index (χ4n) is 2.82. The van der Waals surface area contributed by atoms with Gasteiger partial charge < -0.3 is 4.57 Å². The molecule has 0 radical (unpaired) electrons. The van der Waals surface area contributed by atoms with Crippen LogP contribution in [0.5, 0.6) is 0 Å². The molecule has 1 aliphatic carbocycles. The van der Waals surface area contributed by atoms with E-state index in [4.69, 9.17) is 12.2 Å². The van der Waals surface area contributed by atoms with Crippen molar-refractivity contribution in [3.63, 3.8) is 0 Å². The van der Waals surface area contributed by atoms with Gasteiger partial charge in [-0.05, 0) is 43.2 Å². The Bertz CT molecular complexity index is 643. The fourth-order valence-corrected chi connectivity index (χ4v) is 2.97. The molecule has 5 heteroatoms. The van der Waals surface area contributed by atoms with Gasteiger partial charge in [-0.3, -0.25) is 4.90 Å². The number of rotatable bonds is 3. The molecule has 1 heterocycles. The lowest BCUT2D eigenvalue weighted by molar-refractivity contribution is 0.182. The third-order valence-corrected chi connectivity index (χ3v) is 4.38. The van der Waals surface area contributed by atoms with E-state index in [1.54, 1.807) is 6.33 Å². The molecule has 0 N–H and O–H groups in total. The van der Waals surface area contributed by atoms with Crippen molar-refractivity contribution in [3.05, 3.63) is 46.5 Å². The van der Waals surface area contributed by atoms with Crippen molar-refractivity contribution in [2.24, 2.45) is 7.05 Å². The standard InChI is InChI=1S/C14H18N4S/c1-16-9-15-18(14(16)19)10-17(2)13-8-7-11-5-3-4-6-12(11)13/h3-6,9,13H,7-8,10H2,1-2H3. The molecule has 0 amide bonds. The van der Waals surface area contributed by atoms with Crippen LogP contribution in [0.15, 0.2) is 30.6 Å². The van der Waals surface area contributed by atoms with Gasteiger partial charge in [0.25, 0.3) is 0 Å². The molecule has 1 aromatic heterocycles. The smallest absolute Gasteiger partial charge is 0.198 e. The molecular formula is C14H18N4S. The predicted molar refractivity (Wildman–Crippen MR) is 77.3 cm³/mol. The molecule has 1 aliphatic rings. The van der Waals surface area contributed by atoms with E-state index in [1.807, 2.05) is 16.3 Å². The van der Waals surface area contributed by atoms with Crippen LogP contribution in [0.2, 0.25) is 0 Å². The van der Waals surface area contributed by atoms with Gasteiger partial charge in [0.05, 0.1) is 6.67 Å². The Morgan fingerprint density at radius 1 is 1.42 bits per heavy atom. The number of aromatic nitrogens is 3. The van der Waals surface area contributed by atoms with Crippen LogP contribution in [0.3, 0.4) is 0 Å². The summed E-state index contributed by atoms with van der Waals surface area (Å²) in [6, 6.07) is 9.18. The molecule has 1 aromatic carbocycles. The van der Waals surface area contributed by atoms with Crippen molar-refractivity contribution in [2.75, 3.05) is 7.05 Å². The molecule has 0 fully saturated rings. The average Bonchev–Trinajstić information content (AvgIpc) is 2.97. The predicted octanol–water partition coefficient (Wildman–Crippen LogP) is 2.53. The second-order valence-electron chi connectivity index (χ2n) is 5.18. The molecule has 3 rings (SSSR count). The summed E-state index contributed by atoms with van der Waals surface area (Å²) < 4.78 is 4.50. The van der Waals surface area contributed by atoms with E-state index >= 15 is 0 Å². The van der Waals surface area contributed by atoms with E-state index < -0.39 is 0 Å². The van der Waals surface area contributed by atoms with Crippen LogP contribution in [0, 0.1) is 4.77 Å². The highest BCUT2D eigenvalue weighted by atomic mass is 32.1. The van der Waals surface area contributed by atoms with Crippen molar-refractivity contribution in [1.82, 2.24) is 19.2 Å². The van der Waals surface area contributed by atoms with Gasteiger partial charge in [0.2, 0.25) is 0 Å². The van der Waals surface area contributed by atoms with Crippen molar-refractivity contribution in [2.45, 2.75) is 25.6 Å². The zero-order chi connectivity index (χ0) is 13.4. The SMILES string of the molecule is CN(Cn1ncn(C)c1=S)C1CCc2ccccc21. The Labute approximate surface area is 118 Å². The molecule has 19 heavy (non-hydrogen) atoms. The second kappa shape index (κ2) is 4.90. The molecule has 0 aliphatic heterocycles. The number of aryl methyl sites for hydroxylation is 2. The first-order valence-corrected chi connectivity index (χ1v) is 6.94. The van der Waals surface area contributed by atoms with Crippen LogP contribution in [-0.2, 0) is 20.1 Å². The van der Waals surface area contributed by atoms with Gasteiger partial charge in [0, 0.05) is 13.1 Å². The largest absolute Gasteiger partial charge is 0.310 e. The summed E-state index contributed by atoms with van der Waals surface area (Å²) >= 11 is 5.33. The maximum Gasteiger partial charge on any atom is 0.198 e. The zero-order valence-electron chi connectivity index (χ0n) is 11.3. The Hall–Kier alpha value is -1.46. The molecule has 4 nitrogen and oxygen atoms in total. The summed E-state index contributed by atoms with van der Waals surface area (Å²) in [4.78, 5) is 2.33. The topological polar surface area (TPSA) is 26.0 Å². The first-order chi connectivity index (χ1) is 9.16. The van der Waals surface area contributed by atoms with Gasteiger partial charge >= 0.3 is 0 Å². The minimum Gasteiger partial charge on any atom is -0.310 e. The summed E-state index contributed by atoms with van der Waals surface area (Å²) in [5, 5.41) is 4.32. The van der Waals surface area contributed by atoms with Crippen LogP contribution in [0.1, 0.15) is 23.6 Å². The van der Waals surface area contributed by atoms with E-state index in [2.05, 4.69) is 41.3 Å². The van der Waals surface area contributed by atoms with E-state index in [9.17, 15) is 0 Å². The van der Waals surface area contributed by atoms with Crippen LogP contribution in [-0.4, -0.2) is 26.3 Å². The lowest BCUT2D eigenvalue weighted by atomic mass is 10.1. The Balaban J connectivity index is 1.81. The van der Waals surface area contributed by atoms with Crippen LogP contribution in [0.4, 0.5) is 0 Å². The van der Waals surface area contributed by atoms with Gasteiger partial charge in [-0.2, -0.15) is 5.10 Å². The van der Waals surface area contributed by atoms with Gasteiger partial charge in [-0.25, -0.2) is 4.68 Å². The second-order valence-corrected chi connectivity index (χ2v) is 5.54. The Morgan fingerprint density at radius 3 is 2.95 bits per heavy atom. The van der Waals surface area contributed by atoms with E-state index in [-0.39, 0.29) is 0 Å². The molecule has 0 saturated heterocycles. The summed E-state index contributed by atoms with van der Waals surface area (Å²) in [7, 11) is 4.07. The maximum atomic E-state index is 5.33. The molecule has 2 aromatic rings. The van der Waals surface area contributed by atoms with E-state index in [0.717, 1.165) is 11.4 Å². The Kier molecular flexibility index (Phi) is 3.24. The average molecular weight is 274 g/mol. The summed E-state index contributed by atoms with van der Waals surface area (Å²) in [6.45, 7) is 0.735. The first kappa shape index (κ1) is 12.6. The third-order valence-electron chi connectivity index (χ3n) is 3.88. The van der Waals surface area contributed by atoms with Crippen molar-refractivity contribution in [1.29, 1.82) is 0 Å². The monoisotopic (exact) mass is 274 g/mol. The molecule has 0 saturated carbocycles. The van der Waals surface area contributed by atoms with Crippen molar-refractivity contribution < 1.29 is 0 Å². The minimum atomic E-state index is 0.472. The van der Waals surface area contributed by atoms with Crippen LogP contribution in [0.25, 0.3) is 0 Å². The van der Waals surface area contributed by atoms with Crippen molar-refractivity contribution >= 4 is 12.2 Å². The first-order valence-electron chi connectivity index (χ1n) is 6.53.